The second kappa shape index (κ2) is 6.24. The lowest BCUT2D eigenvalue weighted by Crippen LogP contribution is -2.22. The summed E-state index contributed by atoms with van der Waals surface area (Å²) >= 11 is 0. The Bertz CT molecular complexity index is 858. The van der Waals surface area contributed by atoms with Gasteiger partial charge >= 0.3 is 5.97 Å². The van der Waals surface area contributed by atoms with E-state index >= 15 is 0 Å². The number of nitrogens with zero attached hydrogens (tertiary/aromatic N) is 1. The highest BCUT2D eigenvalue weighted by atomic mass is 19.1. The number of carboxylic acids is 1. The Morgan fingerprint density at radius 1 is 1.50 bits per heavy atom. The minimum Gasteiger partial charge on any atom is -0.477 e. The van der Waals surface area contributed by atoms with Gasteiger partial charge in [0.1, 0.15) is 11.4 Å². The molecule has 0 radical (unpaired) electrons. The molecule has 0 saturated heterocycles. The number of aromatic carboxylic acids is 1. The Labute approximate surface area is 137 Å². The third-order valence-electron chi connectivity index (χ3n) is 4.11. The van der Waals surface area contributed by atoms with Gasteiger partial charge in [0.15, 0.2) is 0 Å². The molecule has 0 amide bonds. The summed E-state index contributed by atoms with van der Waals surface area (Å²) in [6.45, 7) is 2.26. The molecule has 3 rings (SSSR count). The molecule has 1 aromatic heterocycles. The molecular weight excluding hydrogens is 315 g/mol. The first kappa shape index (κ1) is 16.4. The third kappa shape index (κ3) is 2.99. The second-order valence-corrected chi connectivity index (χ2v) is 6.17. The molecule has 24 heavy (non-hydrogen) atoms. The molecule has 2 N–H and O–H groups in total. The van der Waals surface area contributed by atoms with Crippen LogP contribution in [0.5, 0.6) is 0 Å². The molecular formula is C17H19FN2O4. The van der Waals surface area contributed by atoms with Crippen molar-refractivity contribution in [3.05, 3.63) is 39.9 Å². The smallest absolute Gasteiger partial charge is 0.341 e. The lowest BCUT2D eigenvalue weighted by atomic mass is 10.1. The van der Waals surface area contributed by atoms with E-state index in [2.05, 4.69) is 5.32 Å². The molecule has 0 aliphatic heterocycles. The molecule has 0 bridgehead atoms. The monoisotopic (exact) mass is 334 g/mol. The summed E-state index contributed by atoms with van der Waals surface area (Å²) in [7, 11) is 1.56. The van der Waals surface area contributed by atoms with Crippen molar-refractivity contribution in [1.29, 1.82) is 0 Å². The number of hydrogen-bond donors (Lipinski definition) is 2. The summed E-state index contributed by atoms with van der Waals surface area (Å²) in [6, 6.07) is 2.73. The van der Waals surface area contributed by atoms with Crippen molar-refractivity contribution in [2.75, 3.05) is 19.0 Å². The van der Waals surface area contributed by atoms with Crippen LogP contribution in [0.1, 0.15) is 36.2 Å². The Morgan fingerprint density at radius 3 is 2.79 bits per heavy atom. The fraction of sp³-hybridized carbons (Fsp3) is 0.412. The van der Waals surface area contributed by atoms with Crippen LogP contribution in [0.2, 0.25) is 0 Å². The van der Waals surface area contributed by atoms with Crippen LogP contribution in [-0.2, 0) is 4.74 Å². The van der Waals surface area contributed by atoms with Gasteiger partial charge in [0.2, 0.25) is 5.43 Å². The lowest BCUT2D eigenvalue weighted by molar-refractivity contribution is 0.0695. The first-order chi connectivity index (χ1) is 11.4. The fourth-order valence-electron chi connectivity index (χ4n) is 2.84. The average Bonchev–Trinajstić information content (AvgIpc) is 3.34. The number of carboxylic acid groups (broad SMARTS) is 1. The molecule has 1 heterocycles. The largest absolute Gasteiger partial charge is 0.477 e. The predicted octanol–water partition coefficient (Wildman–Crippen LogP) is 2.62. The summed E-state index contributed by atoms with van der Waals surface area (Å²) in [5.74, 6) is -1.89. The SMILES string of the molecule is COCC(C)Nc1cc2c(cc1F)c(=O)c(C(=O)O)cn2C1CC1. The maximum Gasteiger partial charge on any atom is 0.341 e. The zero-order valence-electron chi connectivity index (χ0n) is 13.5. The quantitative estimate of drug-likeness (QED) is 0.849. The number of rotatable bonds is 6. The molecule has 128 valence electrons. The topological polar surface area (TPSA) is 80.6 Å². The predicted molar refractivity (Wildman–Crippen MR) is 88.4 cm³/mol. The van der Waals surface area contributed by atoms with Crippen LogP contribution < -0.4 is 10.7 Å². The fourth-order valence-corrected chi connectivity index (χ4v) is 2.84. The summed E-state index contributed by atoms with van der Waals surface area (Å²) in [6.07, 6.45) is 3.19. The van der Waals surface area contributed by atoms with Crippen molar-refractivity contribution in [2.45, 2.75) is 31.8 Å². The Hall–Kier alpha value is -2.41. The Kier molecular flexibility index (Phi) is 4.28. The number of hydrogen-bond acceptors (Lipinski definition) is 4. The first-order valence-corrected chi connectivity index (χ1v) is 7.79. The minimum atomic E-state index is -1.30. The summed E-state index contributed by atoms with van der Waals surface area (Å²) in [5.41, 5.74) is -0.183. The van der Waals surface area contributed by atoms with E-state index in [4.69, 9.17) is 4.74 Å². The van der Waals surface area contributed by atoms with Crippen LogP contribution in [-0.4, -0.2) is 35.4 Å². The number of nitrogens with one attached hydrogen (secondary N) is 1. The van der Waals surface area contributed by atoms with E-state index < -0.39 is 17.2 Å². The third-order valence-corrected chi connectivity index (χ3v) is 4.11. The van der Waals surface area contributed by atoms with Gasteiger partial charge in [-0.15, -0.1) is 0 Å². The van der Waals surface area contributed by atoms with Crippen LogP contribution in [0.25, 0.3) is 10.9 Å². The first-order valence-electron chi connectivity index (χ1n) is 7.79. The molecule has 6 nitrogen and oxygen atoms in total. The molecule has 1 aliphatic carbocycles. The van der Waals surface area contributed by atoms with Crippen LogP contribution in [0.15, 0.2) is 23.1 Å². The van der Waals surface area contributed by atoms with Gasteiger partial charge in [0.25, 0.3) is 0 Å². The van der Waals surface area contributed by atoms with Gasteiger partial charge in [-0.3, -0.25) is 4.79 Å². The van der Waals surface area contributed by atoms with Crippen molar-refractivity contribution < 1.29 is 19.0 Å². The van der Waals surface area contributed by atoms with Gasteiger partial charge in [-0.25, -0.2) is 9.18 Å². The number of benzene rings is 1. The lowest BCUT2D eigenvalue weighted by Gasteiger charge is -2.17. The molecule has 1 aliphatic rings. The van der Waals surface area contributed by atoms with E-state index in [1.165, 1.54) is 6.20 Å². The zero-order chi connectivity index (χ0) is 17.4. The number of ether oxygens (including phenoxy) is 1. The van der Waals surface area contributed by atoms with Crippen LogP contribution in [0.3, 0.4) is 0 Å². The van der Waals surface area contributed by atoms with Crippen molar-refractivity contribution in [1.82, 2.24) is 4.57 Å². The number of fused-ring (bicyclic) bond motifs is 1. The minimum absolute atomic E-state index is 0.0873. The zero-order valence-corrected chi connectivity index (χ0v) is 13.5. The van der Waals surface area contributed by atoms with Gasteiger partial charge in [0.05, 0.1) is 17.8 Å². The van der Waals surface area contributed by atoms with Gasteiger partial charge in [-0.05, 0) is 31.9 Å². The van der Waals surface area contributed by atoms with E-state index in [1.807, 2.05) is 6.92 Å². The van der Waals surface area contributed by atoms with Crippen molar-refractivity contribution in [2.24, 2.45) is 0 Å². The second-order valence-electron chi connectivity index (χ2n) is 6.17. The normalized spacial score (nSPS) is 15.5. The molecule has 7 heteroatoms. The van der Waals surface area contributed by atoms with Gasteiger partial charge in [-0.2, -0.15) is 0 Å². The number of methoxy groups -OCH3 is 1. The van der Waals surface area contributed by atoms with E-state index in [0.29, 0.717) is 12.1 Å². The number of pyridine rings is 1. The Balaban J connectivity index is 2.18. The van der Waals surface area contributed by atoms with Gasteiger partial charge in [-0.1, -0.05) is 0 Å². The van der Waals surface area contributed by atoms with Crippen LogP contribution in [0, 0.1) is 5.82 Å². The van der Waals surface area contributed by atoms with Crippen molar-refractivity contribution in [3.63, 3.8) is 0 Å². The molecule has 1 saturated carbocycles. The molecule has 2 aromatic rings. The molecule has 1 atom stereocenters. The van der Waals surface area contributed by atoms with Crippen LogP contribution in [0.4, 0.5) is 10.1 Å². The highest BCUT2D eigenvalue weighted by Crippen LogP contribution is 2.37. The van der Waals surface area contributed by atoms with Gasteiger partial charge in [0, 0.05) is 30.8 Å². The average molecular weight is 334 g/mol. The molecule has 1 aromatic carbocycles. The van der Waals surface area contributed by atoms with Crippen LogP contribution >= 0.6 is 0 Å². The van der Waals surface area contributed by atoms with E-state index in [1.54, 1.807) is 17.7 Å². The maximum atomic E-state index is 14.4. The van der Waals surface area contributed by atoms with Crippen molar-refractivity contribution in [3.8, 4) is 0 Å². The molecule has 0 spiro atoms. The van der Waals surface area contributed by atoms with Gasteiger partial charge < -0.3 is 19.7 Å². The molecule has 1 unspecified atom stereocenters. The summed E-state index contributed by atoms with van der Waals surface area (Å²) in [5, 5.41) is 12.3. The number of halogens is 1. The Morgan fingerprint density at radius 2 is 2.21 bits per heavy atom. The summed E-state index contributed by atoms with van der Waals surface area (Å²) in [4.78, 5) is 23.6. The molecule has 1 fully saturated rings. The highest BCUT2D eigenvalue weighted by molar-refractivity contribution is 5.93. The highest BCUT2D eigenvalue weighted by Gasteiger charge is 2.27. The van der Waals surface area contributed by atoms with E-state index in [9.17, 15) is 19.1 Å². The van der Waals surface area contributed by atoms with E-state index in [0.717, 1.165) is 18.9 Å². The van der Waals surface area contributed by atoms with Crippen molar-refractivity contribution >= 4 is 22.6 Å². The standard InChI is InChI=1S/C17H19FN2O4/c1-9(8-24-2)19-14-6-15-11(5-13(14)18)16(21)12(17(22)23)7-20(15)10-3-4-10/h5-7,9-10,19H,3-4,8H2,1-2H3,(H,22,23). The number of aromatic nitrogens is 1. The number of anilines is 1. The maximum absolute atomic E-state index is 14.4. The number of carbonyl (C=O) groups is 1. The summed E-state index contributed by atoms with van der Waals surface area (Å²) < 4.78 is 21.2. The van der Waals surface area contributed by atoms with E-state index in [-0.39, 0.29) is 28.7 Å².